The van der Waals surface area contributed by atoms with Gasteiger partial charge in [-0.3, -0.25) is 0 Å². The highest BCUT2D eigenvalue weighted by Gasteiger charge is 2.02. The summed E-state index contributed by atoms with van der Waals surface area (Å²) in [6, 6.07) is -0.00390. The molecule has 0 rings (SSSR count). The van der Waals surface area contributed by atoms with Crippen molar-refractivity contribution in [2.45, 2.75) is 12.5 Å². The van der Waals surface area contributed by atoms with Crippen molar-refractivity contribution in [3.63, 3.8) is 0 Å². The van der Waals surface area contributed by atoms with Gasteiger partial charge < -0.3 is 10.8 Å². The first-order valence-electron chi connectivity index (χ1n) is 3.78. The van der Waals surface area contributed by atoms with Crippen LogP contribution in [0.3, 0.4) is 0 Å². The minimum absolute atomic E-state index is 0.00390. The average molecular weight is 253 g/mol. The van der Waals surface area contributed by atoms with E-state index in [2.05, 4.69) is 19.2 Å². The Morgan fingerprint density at radius 3 is 2.50 bits per heavy atom. The molecule has 0 aliphatic heterocycles. The lowest BCUT2D eigenvalue weighted by molar-refractivity contribution is -0.131. The summed E-state index contributed by atoms with van der Waals surface area (Å²) in [5, 5.41) is 7.60. The van der Waals surface area contributed by atoms with Crippen LogP contribution in [-0.2, 0) is 4.79 Å². The minimum Gasteiger partial charge on any atom is -0.478 e. The van der Waals surface area contributed by atoms with Gasteiger partial charge in [-0.1, -0.05) is 18.8 Å². The molecular formula is C8H15NO2S3. The fourth-order valence-corrected chi connectivity index (χ4v) is 1.10. The molecule has 0 amide bonds. The first-order chi connectivity index (χ1) is 6.45. The Labute approximate surface area is 99.5 Å². The van der Waals surface area contributed by atoms with Crippen molar-refractivity contribution >= 4 is 46.8 Å². The number of rotatable bonds is 5. The Morgan fingerprint density at radius 1 is 1.86 bits per heavy atom. The second kappa shape index (κ2) is 11.0. The van der Waals surface area contributed by atoms with Crippen LogP contribution in [0.25, 0.3) is 0 Å². The molecule has 0 saturated carbocycles. The highest BCUT2D eigenvalue weighted by molar-refractivity contribution is 8.11. The maximum Gasteiger partial charge on any atom is 0.327 e. The second-order valence-corrected chi connectivity index (χ2v) is 4.48. The van der Waals surface area contributed by atoms with Crippen LogP contribution in [0.4, 0.5) is 0 Å². The highest BCUT2D eigenvalue weighted by atomic mass is 32.2. The summed E-state index contributed by atoms with van der Waals surface area (Å²) in [4.78, 5) is 9.25. The van der Waals surface area contributed by atoms with Crippen LogP contribution in [0.1, 0.15) is 6.42 Å². The van der Waals surface area contributed by atoms with E-state index in [1.807, 2.05) is 6.26 Å². The van der Waals surface area contributed by atoms with Crippen LogP contribution >= 0.6 is 36.6 Å². The molecule has 0 aromatic rings. The van der Waals surface area contributed by atoms with Crippen LogP contribution in [0.5, 0.6) is 0 Å². The molecule has 0 aliphatic carbocycles. The Morgan fingerprint density at radius 2 is 2.29 bits per heavy atom. The molecule has 0 radical (unpaired) electrons. The van der Waals surface area contributed by atoms with Crippen LogP contribution < -0.4 is 5.73 Å². The number of thioether (sulfide) groups is 1. The normalized spacial score (nSPS) is 10.8. The molecule has 0 fully saturated rings. The molecule has 0 aromatic carbocycles. The van der Waals surface area contributed by atoms with Crippen molar-refractivity contribution in [3.8, 4) is 0 Å². The second-order valence-electron chi connectivity index (χ2n) is 2.27. The first kappa shape index (κ1) is 16.4. The number of nitrogens with two attached hydrogens (primary N) is 1. The van der Waals surface area contributed by atoms with E-state index in [1.54, 1.807) is 11.8 Å². The zero-order valence-electron chi connectivity index (χ0n) is 7.97. The summed E-state index contributed by atoms with van der Waals surface area (Å²) in [5.41, 5.74) is 5.57. The highest BCUT2D eigenvalue weighted by Crippen LogP contribution is 2.01. The number of thiocarbonyl (C=S) groups is 1. The van der Waals surface area contributed by atoms with E-state index >= 15 is 0 Å². The predicted molar refractivity (Wildman–Crippen MR) is 70.4 cm³/mol. The molecule has 3 nitrogen and oxygen atoms in total. The van der Waals surface area contributed by atoms with Crippen LogP contribution in [0, 0.1) is 0 Å². The molecule has 6 heteroatoms. The van der Waals surface area contributed by atoms with Gasteiger partial charge in [0.1, 0.15) is 0 Å². The number of hydrogen-bond acceptors (Lipinski definition) is 4. The van der Waals surface area contributed by atoms with E-state index < -0.39 is 5.97 Å². The molecule has 0 saturated heterocycles. The van der Waals surface area contributed by atoms with Gasteiger partial charge in [-0.15, -0.1) is 12.6 Å². The zero-order chi connectivity index (χ0) is 11.6. The van der Waals surface area contributed by atoms with Crippen molar-refractivity contribution in [1.29, 1.82) is 0 Å². The lowest BCUT2D eigenvalue weighted by Crippen LogP contribution is -2.26. The Kier molecular flexibility index (Phi) is 12.9. The van der Waals surface area contributed by atoms with Gasteiger partial charge in [0.15, 0.2) is 0 Å². The third kappa shape index (κ3) is 14.5. The maximum atomic E-state index is 9.25. The van der Waals surface area contributed by atoms with Gasteiger partial charge in [-0.05, 0) is 18.4 Å². The van der Waals surface area contributed by atoms with Crippen molar-refractivity contribution in [3.05, 3.63) is 12.7 Å². The quantitative estimate of drug-likeness (QED) is 0.394. The van der Waals surface area contributed by atoms with E-state index in [4.69, 9.17) is 23.1 Å². The number of hydrogen-bond donors (Lipinski definition) is 3. The largest absolute Gasteiger partial charge is 0.478 e. The van der Waals surface area contributed by atoms with E-state index in [0.29, 0.717) is 4.20 Å². The van der Waals surface area contributed by atoms with E-state index in [9.17, 15) is 4.79 Å². The number of aliphatic carboxylic acids is 1. The summed E-state index contributed by atoms with van der Waals surface area (Å²) in [6.45, 7) is 2.96. The number of carbonyl (C=O) groups is 1. The van der Waals surface area contributed by atoms with Crippen molar-refractivity contribution in [2.24, 2.45) is 5.73 Å². The van der Waals surface area contributed by atoms with Gasteiger partial charge in [0.05, 0.1) is 4.20 Å². The fourth-order valence-electron chi connectivity index (χ4n) is 0.368. The Bertz CT molecular complexity index is 197. The molecule has 0 bridgehead atoms. The van der Waals surface area contributed by atoms with Gasteiger partial charge >= 0.3 is 5.97 Å². The molecule has 82 valence electrons. The molecule has 0 heterocycles. The molecule has 0 aliphatic rings. The first-order valence-corrected chi connectivity index (χ1v) is 6.03. The molecule has 14 heavy (non-hydrogen) atoms. The molecular weight excluding hydrogens is 238 g/mol. The maximum absolute atomic E-state index is 9.25. The minimum atomic E-state index is -0.981. The molecule has 1 atom stereocenters. The van der Waals surface area contributed by atoms with E-state index in [-0.39, 0.29) is 6.04 Å². The SMILES string of the molecule is C=CC(=O)O.CSCC[C@H](N)C(=S)S. The van der Waals surface area contributed by atoms with Gasteiger partial charge in [0, 0.05) is 12.1 Å². The topological polar surface area (TPSA) is 63.3 Å². The average Bonchev–Trinajstić information content (AvgIpc) is 2.14. The molecule has 0 spiro atoms. The number of carboxylic acids is 1. The predicted octanol–water partition coefficient (Wildman–Crippen LogP) is 1.58. The Hall–Kier alpha value is -0.0400. The van der Waals surface area contributed by atoms with E-state index in [0.717, 1.165) is 18.2 Å². The monoisotopic (exact) mass is 253 g/mol. The van der Waals surface area contributed by atoms with Crippen LogP contribution in [-0.4, -0.2) is 33.3 Å². The van der Waals surface area contributed by atoms with Gasteiger partial charge in [-0.2, -0.15) is 11.8 Å². The lowest BCUT2D eigenvalue weighted by atomic mass is 10.3. The van der Waals surface area contributed by atoms with Gasteiger partial charge in [-0.25, -0.2) is 4.79 Å². The fraction of sp³-hybridized carbons (Fsp3) is 0.500. The third-order valence-electron chi connectivity index (χ3n) is 1.12. The summed E-state index contributed by atoms with van der Waals surface area (Å²) in [5.74, 6) is 0.0759. The van der Waals surface area contributed by atoms with Gasteiger partial charge in [0.2, 0.25) is 0 Å². The Balaban J connectivity index is 0. The van der Waals surface area contributed by atoms with Crippen LogP contribution in [0.2, 0.25) is 0 Å². The van der Waals surface area contributed by atoms with Crippen molar-refractivity contribution < 1.29 is 9.90 Å². The zero-order valence-corrected chi connectivity index (χ0v) is 10.5. The molecule has 0 aromatic heterocycles. The smallest absolute Gasteiger partial charge is 0.327 e. The summed E-state index contributed by atoms with van der Waals surface area (Å²) in [6.07, 6.45) is 3.82. The standard InChI is InChI=1S/C5H11NS3.C3H4O2/c1-9-3-2-4(6)5(7)8;1-2-3(4)5/h4H,2-3,6H2,1H3,(H,7,8);2H,1H2,(H,4,5)/t4-;/m0./s1. The molecule has 0 unspecified atom stereocenters. The van der Waals surface area contributed by atoms with Crippen molar-refractivity contribution in [2.75, 3.05) is 12.0 Å². The van der Waals surface area contributed by atoms with Crippen LogP contribution in [0.15, 0.2) is 12.7 Å². The van der Waals surface area contributed by atoms with Gasteiger partial charge in [0.25, 0.3) is 0 Å². The number of thiol groups is 1. The van der Waals surface area contributed by atoms with E-state index in [1.165, 1.54) is 0 Å². The number of carboxylic acid groups (broad SMARTS) is 1. The summed E-state index contributed by atoms with van der Waals surface area (Å²) in [7, 11) is 0. The summed E-state index contributed by atoms with van der Waals surface area (Å²) < 4.78 is 0.615. The summed E-state index contributed by atoms with van der Waals surface area (Å²) >= 11 is 10.5. The molecule has 3 N–H and O–H groups in total. The third-order valence-corrected chi connectivity index (χ3v) is 2.40. The lowest BCUT2D eigenvalue weighted by Gasteiger charge is -2.05. The van der Waals surface area contributed by atoms with Crippen molar-refractivity contribution in [1.82, 2.24) is 0 Å².